The SMILES string of the molecule is O=C(CNS(=O)(=O)Cc1cc(Cl)ccc1F)N1CCc2ccccc21. The van der Waals surface area contributed by atoms with Crippen LogP contribution in [0.25, 0.3) is 0 Å². The molecule has 0 atom stereocenters. The maximum atomic E-state index is 13.7. The first-order valence-electron chi connectivity index (χ1n) is 7.65. The van der Waals surface area contributed by atoms with Gasteiger partial charge in [0.2, 0.25) is 15.9 Å². The van der Waals surface area contributed by atoms with Crippen molar-refractivity contribution in [3.05, 3.63) is 64.4 Å². The maximum absolute atomic E-state index is 13.7. The first kappa shape index (κ1) is 17.8. The molecule has 0 saturated heterocycles. The number of fused-ring (bicyclic) bond motifs is 1. The highest BCUT2D eigenvalue weighted by atomic mass is 35.5. The molecule has 0 aromatic heterocycles. The van der Waals surface area contributed by atoms with E-state index in [9.17, 15) is 17.6 Å². The van der Waals surface area contributed by atoms with E-state index in [-0.39, 0.29) is 23.0 Å². The van der Waals surface area contributed by atoms with Gasteiger partial charge in [-0.3, -0.25) is 4.79 Å². The lowest BCUT2D eigenvalue weighted by Gasteiger charge is -2.17. The Kier molecular flexibility index (Phi) is 5.08. The molecular formula is C17H16ClFN2O3S. The number of hydrogen-bond donors (Lipinski definition) is 1. The molecule has 2 aromatic rings. The number of rotatable bonds is 5. The summed E-state index contributed by atoms with van der Waals surface area (Å²) in [5.74, 6) is -1.59. The van der Waals surface area contributed by atoms with Crippen LogP contribution in [0.3, 0.4) is 0 Å². The number of carbonyl (C=O) groups excluding carboxylic acids is 1. The third kappa shape index (κ3) is 4.18. The zero-order valence-electron chi connectivity index (χ0n) is 13.2. The number of benzene rings is 2. The van der Waals surface area contributed by atoms with Crippen molar-refractivity contribution in [3.8, 4) is 0 Å². The van der Waals surface area contributed by atoms with Crippen molar-refractivity contribution in [3.63, 3.8) is 0 Å². The lowest BCUT2D eigenvalue weighted by atomic mass is 10.2. The van der Waals surface area contributed by atoms with Crippen LogP contribution >= 0.6 is 11.6 Å². The van der Waals surface area contributed by atoms with Crippen LogP contribution in [0.2, 0.25) is 5.02 Å². The van der Waals surface area contributed by atoms with Crippen molar-refractivity contribution >= 4 is 33.2 Å². The second kappa shape index (κ2) is 7.11. The van der Waals surface area contributed by atoms with Crippen molar-refractivity contribution in [1.82, 2.24) is 4.72 Å². The van der Waals surface area contributed by atoms with E-state index in [1.54, 1.807) is 4.90 Å². The van der Waals surface area contributed by atoms with Crippen LogP contribution in [-0.2, 0) is 27.0 Å². The second-order valence-electron chi connectivity index (χ2n) is 5.74. The number of sulfonamides is 1. The zero-order chi connectivity index (χ0) is 18.0. The minimum absolute atomic E-state index is 0.0426. The third-order valence-electron chi connectivity index (χ3n) is 3.98. The number of carbonyl (C=O) groups is 1. The standard InChI is InChI=1S/C17H16ClFN2O3S/c18-14-5-6-15(19)13(9-14)11-25(23,24)20-10-17(22)21-8-7-12-3-1-2-4-16(12)21/h1-6,9,20H,7-8,10-11H2. The van der Waals surface area contributed by atoms with Gasteiger partial charge >= 0.3 is 0 Å². The highest BCUT2D eigenvalue weighted by Gasteiger charge is 2.25. The molecule has 0 radical (unpaired) electrons. The fourth-order valence-electron chi connectivity index (χ4n) is 2.77. The van der Waals surface area contributed by atoms with E-state index >= 15 is 0 Å². The topological polar surface area (TPSA) is 66.5 Å². The van der Waals surface area contributed by atoms with E-state index in [1.165, 1.54) is 12.1 Å². The van der Waals surface area contributed by atoms with Gasteiger partial charge in [0.1, 0.15) is 5.82 Å². The molecular weight excluding hydrogens is 367 g/mol. The van der Waals surface area contributed by atoms with Crippen LogP contribution in [-0.4, -0.2) is 27.4 Å². The number of anilines is 1. The van der Waals surface area contributed by atoms with Crippen molar-refractivity contribution < 1.29 is 17.6 Å². The largest absolute Gasteiger partial charge is 0.311 e. The third-order valence-corrected chi connectivity index (χ3v) is 5.50. The summed E-state index contributed by atoms with van der Waals surface area (Å²) in [7, 11) is -3.87. The van der Waals surface area contributed by atoms with E-state index in [4.69, 9.17) is 11.6 Å². The molecule has 0 bridgehead atoms. The second-order valence-corrected chi connectivity index (χ2v) is 7.98. The van der Waals surface area contributed by atoms with Crippen LogP contribution < -0.4 is 9.62 Å². The molecule has 2 aromatic carbocycles. The van der Waals surface area contributed by atoms with Gasteiger partial charge in [0, 0.05) is 22.8 Å². The Morgan fingerprint density at radius 1 is 1.24 bits per heavy atom. The molecule has 0 aliphatic carbocycles. The Bertz CT molecular complexity index is 918. The highest BCUT2D eigenvalue weighted by molar-refractivity contribution is 7.88. The van der Waals surface area contributed by atoms with Crippen molar-refractivity contribution in [2.75, 3.05) is 18.0 Å². The number of nitrogens with one attached hydrogen (secondary N) is 1. The van der Waals surface area contributed by atoms with Crippen molar-refractivity contribution in [2.45, 2.75) is 12.2 Å². The molecule has 8 heteroatoms. The van der Waals surface area contributed by atoms with Gasteiger partial charge in [0.25, 0.3) is 0 Å². The predicted molar refractivity (Wildman–Crippen MR) is 94.5 cm³/mol. The first-order chi connectivity index (χ1) is 11.9. The molecule has 1 aliphatic rings. The Morgan fingerprint density at radius 3 is 2.80 bits per heavy atom. The predicted octanol–water partition coefficient (Wildman–Crippen LogP) is 2.49. The Balaban J connectivity index is 1.65. The zero-order valence-corrected chi connectivity index (χ0v) is 14.8. The molecule has 5 nitrogen and oxygen atoms in total. The van der Waals surface area contributed by atoms with Gasteiger partial charge in [-0.2, -0.15) is 0 Å². The van der Waals surface area contributed by atoms with Crippen molar-refractivity contribution in [2.24, 2.45) is 0 Å². The van der Waals surface area contributed by atoms with Gasteiger partial charge < -0.3 is 4.90 Å². The average molecular weight is 383 g/mol. The molecule has 3 rings (SSSR count). The molecule has 1 N–H and O–H groups in total. The van der Waals surface area contributed by atoms with Crippen molar-refractivity contribution in [1.29, 1.82) is 0 Å². The average Bonchev–Trinajstić information content (AvgIpc) is 3.00. The molecule has 25 heavy (non-hydrogen) atoms. The quantitative estimate of drug-likeness (QED) is 0.864. The summed E-state index contributed by atoms with van der Waals surface area (Å²) in [6.07, 6.45) is 0.738. The summed E-state index contributed by atoms with van der Waals surface area (Å²) >= 11 is 5.76. The molecule has 132 valence electrons. The number of amides is 1. The highest BCUT2D eigenvalue weighted by Crippen LogP contribution is 2.27. The summed E-state index contributed by atoms with van der Waals surface area (Å²) < 4.78 is 40.2. The lowest BCUT2D eigenvalue weighted by molar-refractivity contribution is -0.117. The van der Waals surface area contributed by atoms with Crippen LogP contribution in [0.15, 0.2) is 42.5 Å². The molecule has 0 saturated carbocycles. The molecule has 0 spiro atoms. The summed E-state index contributed by atoms with van der Waals surface area (Å²) in [6.45, 7) is 0.141. The molecule has 0 unspecified atom stereocenters. The van der Waals surface area contributed by atoms with E-state index in [1.807, 2.05) is 24.3 Å². The smallest absolute Gasteiger partial charge is 0.242 e. The van der Waals surface area contributed by atoms with Gasteiger partial charge in [-0.05, 0) is 36.2 Å². The lowest BCUT2D eigenvalue weighted by Crippen LogP contribution is -2.39. The van der Waals surface area contributed by atoms with Crippen LogP contribution in [0.1, 0.15) is 11.1 Å². The molecule has 1 amide bonds. The van der Waals surface area contributed by atoms with E-state index < -0.39 is 21.6 Å². The van der Waals surface area contributed by atoms with E-state index in [0.29, 0.717) is 6.54 Å². The molecule has 1 heterocycles. The van der Waals surface area contributed by atoms with Crippen LogP contribution in [0.4, 0.5) is 10.1 Å². The summed E-state index contributed by atoms with van der Waals surface area (Å²) in [5.41, 5.74) is 1.81. The Hall–Kier alpha value is -1.96. The fourth-order valence-corrected chi connectivity index (χ4v) is 4.04. The minimum atomic E-state index is -3.87. The Labute approximate surface area is 150 Å². The van der Waals surface area contributed by atoms with Gasteiger partial charge in [0.05, 0.1) is 12.3 Å². The summed E-state index contributed by atoms with van der Waals surface area (Å²) in [6, 6.07) is 11.2. The summed E-state index contributed by atoms with van der Waals surface area (Å²) in [4.78, 5) is 13.9. The molecule has 1 aliphatic heterocycles. The monoisotopic (exact) mass is 382 g/mol. The van der Waals surface area contributed by atoms with Gasteiger partial charge in [-0.1, -0.05) is 29.8 Å². The van der Waals surface area contributed by atoms with Gasteiger partial charge in [-0.25, -0.2) is 17.5 Å². The van der Waals surface area contributed by atoms with Gasteiger partial charge in [-0.15, -0.1) is 0 Å². The Morgan fingerprint density at radius 2 is 2.00 bits per heavy atom. The van der Waals surface area contributed by atoms with E-state index in [0.717, 1.165) is 23.7 Å². The number of hydrogen-bond acceptors (Lipinski definition) is 3. The first-order valence-corrected chi connectivity index (χ1v) is 9.68. The maximum Gasteiger partial charge on any atom is 0.242 e. The van der Waals surface area contributed by atoms with Crippen LogP contribution in [0, 0.1) is 5.82 Å². The number of halogens is 2. The van der Waals surface area contributed by atoms with E-state index in [2.05, 4.69) is 4.72 Å². The number of para-hydroxylation sites is 1. The molecule has 0 fully saturated rings. The normalized spacial score (nSPS) is 13.8. The van der Waals surface area contributed by atoms with Gasteiger partial charge in [0.15, 0.2) is 0 Å². The fraction of sp³-hybridized carbons (Fsp3) is 0.235. The minimum Gasteiger partial charge on any atom is -0.311 e. The van der Waals surface area contributed by atoms with Crippen LogP contribution in [0.5, 0.6) is 0 Å². The summed E-state index contributed by atoms with van der Waals surface area (Å²) in [5, 5.41) is 0.247. The number of nitrogens with zero attached hydrogens (tertiary/aromatic N) is 1.